The van der Waals surface area contributed by atoms with Crippen LogP contribution in [0.4, 0.5) is 8.78 Å². The highest BCUT2D eigenvalue weighted by molar-refractivity contribution is 7.75. The van der Waals surface area contributed by atoms with Crippen LogP contribution in [0.15, 0.2) is 29.3 Å². The summed E-state index contributed by atoms with van der Waals surface area (Å²) in [7, 11) is -1.54. The molecule has 0 saturated heterocycles. The molecule has 4 aromatic rings. The van der Waals surface area contributed by atoms with E-state index in [4.69, 9.17) is 4.74 Å². The SMILES string of the molecule is Cc1cc(F)cnc1Oc1c(-c2cn(C)c(=O)c3[nH]c(C(=O)NC(C)C)cc23)sc(P(C)(C)=O)c1F. The number of thiophene rings is 1. The lowest BCUT2D eigenvalue weighted by atomic mass is 10.1. The zero-order valence-corrected chi connectivity index (χ0v) is 22.2. The van der Waals surface area contributed by atoms with Gasteiger partial charge < -0.3 is 24.2 Å². The Balaban J connectivity index is 1.99. The lowest BCUT2D eigenvalue weighted by molar-refractivity contribution is 0.0939. The van der Waals surface area contributed by atoms with Crippen molar-refractivity contribution in [1.82, 2.24) is 19.9 Å². The minimum atomic E-state index is -3.07. The number of nitrogens with one attached hydrogen (secondary N) is 2. The van der Waals surface area contributed by atoms with Gasteiger partial charge in [-0.2, -0.15) is 0 Å². The van der Waals surface area contributed by atoms with Crippen molar-refractivity contribution >= 4 is 39.9 Å². The van der Waals surface area contributed by atoms with Crippen molar-refractivity contribution in [2.24, 2.45) is 7.05 Å². The van der Waals surface area contributed by atoms with Gasteiger partial charge in [-0.15, -0.1) is 11.3 Å². The van der Waals surface area contributed by atoms with E-state index in [-0.39, 0.29) is 43.9 Å². The summed E-state index contributed by atoms with van der Waals surface area (Å²) in [5.41, 5.74) is 0.660. The van der Waals surface area contributed by atoms with Gasteiger partial charge in [0.1, 0.15) is 28.8 Å². The fourth-order valence-corrected chi connectivity index (χ4v) is 6.31. The fraction of sp³-hybridized carbons (Fsp3) is 0.292. The molecule has 36 heavy (non-hydrogen) atoms. The number of hydrogen-bond donors (Lipinski definition) is 2. The number of halogens is 2. The second-order valence-corrected chi connectivity index (χ2v) is 13.6. The van der Waals surface area contributed by atoms with Gasteiger partial charge in [0.2, 0.25) is 5.88 Å². The predicted octanol–water partition coefficient (Wildman–Crippen LogP) is 4.76. The lowest BCUT2D eigenvalue weighted by Gasteiger charge is -2.10. The molecule has 0 spiro atoms. The van der Waals surface area contributed by atoms with Crippen LogP contribution in [0.3, 0.4) is 0 Å². The van der Waals surface area contributed by atoms with Crippen molar-refractivity contribution in [1.29, 1.82) is 0 Å². The van der Waals surface area contributed by atoms with Crippen LogP contribution < -0.4 is 20.2 Å². The van der Waals surface area contributed by atoms with Gasteiger partial charge in [0, 0.05) is 35.8 Å². The zero-order chi connectivity index (χ0) is 26.5. The summed E-state index contributed by atoms with van der Waals surface area (Å²) in [4.78, 5) is 32.5. The smallest absolute Gasteiger partial charge is 0.274 e. The molecule has 4 heterocycles. The third kappa shape index (κ3) is 4.73. The number of ether oxygens (including phenoxy) is 1. The number of rotatable bonds is 6. The number of aromatic amines is 1. The molecule has 190 valence electrons. The van der Waals surface area contributed by atoms with Crippen molar-refractivity contribution in [2.45, 2.75) is 26.8 Å². The van der Waals surface area contributed by atoms with E-state index in [9.17, 15) is 18.5 Å². The van der Waals surface area contributed by atoms with Gasteiger partial charge in [-0.1, -0.05) is 0 Å². The maximum absolute atomic E-state index is 15.7. The average molecular weight is 535 g/mol. The normalized spacial score (nSPS) is 11.9. The summed E-state index contributed by atoms with van der Waals surface area (Å²) < 4.78 is 49.3. The first-order valence-electron chi connectivity index (χ1n) is 11.0. The molecule has 0 saturated carbocycles. The third-order valence-corrected chi connectivity index (χ3v) is 9.10. The lowest BCUT2D eigenvalue weighted by Crippen LogP contribution is -2.30. The molecule has 0 fully saturated rings. The van der Waals surface area contributed by atoms with Crippen LogP contribution in [0.25, 0.3) is 21.3 Å². The molecule has 0 aliphatic carbocycles. The standard InChI is InChI=1S/C24H25F2N4O4PS/c1-11(2)28-21(31)16-8-14-15(10-30(4)23(32)18(14)29-16)20-19(17(26)24(36-20)35(5,6)33)34-22-12(3)7-13(25)9-27-22/h7-11,29H,1-6H3,(H,28,31). The molecule has 0 atom stereocenters. The summed E-state index contributed by atoms with van der Waals surface area (Å²) in [6.07, 6.45) is 2.46. The monoisotopic (exact) mass is 534 g/mol. The highest BCUT2D eigenvalue weighted by Gasteiger charge is 2.30. The molecule has 0 aliphatic rings. The van der Waals surface area contributed by atoms with E-state index < -0.39 is 24.7 Å². The first-order chi connectivity index (χ1) is 16.8. The number of H-pyrrole nitrogens is 1. The van der Waals surface area contributed by atoms with E-state index >= 15 is 4.39 Å². The molecule has 4 aromatic heterocycles. The second-order valence-electron chi connectivity index (χ2n) is 9.17. The molecule has 0 aromatic carbocycles. The third-order valence-electron chi connectivity index (χ3n) is 5.35. The minimum Gasteiger partial charge on any atom is -0.434 e. The highest BCUT2D eigenvalue weighted by Crippen LogP contribution is 2.49. The van der Waals surface area contributed by atoms with E-state index in [1.54, 1.807) is 6.92 Å². The zero-order valence-electron chi connectivity index (χ0n) is 20.5. The molecular weight excluding hydrogens is 509 g/mol. The number of carbonyl (C=O) groups excluding carboxylic acids is 1. The van der Waals surface area contributed by atoms with E-state index in [1.807, 2.05) is 13.8 Å². The number of fused-ring (bicyclic) bond motifs is 1. The van der Waals surface area contributed by atoms with Crippen LogP contribution in [0, 0.1) is 18.6 Å². The Bertz CT molecular complexity index is 1620. The number of amides is 1. The van der Waals surface area contributed by atoms with Crippen molar-refractivity contribution in [2.75, 3.05) is 13.3 Å². The van der Waals surface area contributed by atoms with Gasteiger partial charge in [0.25, 0.3) is 11.5 Å². The van der Waals surface area contributed by atoms with Gasteiger partial charge in [-0.3, -0.25) is 9.59 Å². The van der Waals surface area contributed by atoms with E-state index in [0.29, 0.717) is 16.5 Å². The quantitative estimate of drug-likeness (QED) is 0.347. The molecule has 8 nitrogen and oxygen atoms in total. The topological polar surface area (TPSA) is 106 Å². The maximum atomic E-state index is 15.7. The molecule has 0 unspecified atom stereocenters. The number of nitrogens with zero attached hydrogens (tertiary/aromatic N) is 2. The van der Waals surface area contributed by atoms with Crippen molar-refractivity contribution in [3.8, 4) is 22.1 Å². The summed E-state index contributed by atoms with van der Waals surface area (Å²) in [6.45, 7) is 8.07. The van der Waals surface area contributed by atoms with E-state index in [1.165, 1.54) is 43.3 Å². The molecule has 0 radical (unpaired) electrons. The largest absolute Gasteiger partial charge is 0.434 e. The van der Waals surface area contributed by atoms with Crippen molar-refractivity contribution in [3.05, 3.63) is 57.8 Å². The Labute approximate surface area is 209 Å². The Kier molecular flexibility index (Phi) is 6.66. The molecular formula is C24H25F2N4O4PS. The molecule has 4 rings (SSSR count). The summed E-state index contributed by atoms with van der Waals surface area (Å²) in [5, 5.41) is 3.14. The number of pyridine rings is 2. The van der Waals surface area contributed by atoms with E-state index in [0.717, 1.165) is 17.5 Å². The molecule has 12 heteroatoms. The summed E-state index contributed by atoms with van der Waals surface area (Å²) >= 11 is 0.937. The molecule has 2 N–H and O–H groups in total. The Hall–Kier alpha value is -3.30. The molecule has 1 amide bonds. The Morgan fingerprint density at radius 3 is 2.58 bits per heavy atom. The first kappa shape index (κ1) is 25.8. The summed E-state index contributed by atoms with van der Waals surface area (Å²) in [5.74, 6) is -2.05. The average Bonchev–Trinajstić information content (AvgIpc) is 3.35. The van der Waals surface area contributed by atoms with Crippen LogP contribution in [-0.2, 0) is 11.6 Å². The molecule has 0 aliphatic heterocycles. The van der Waals surface area contributed by atoms with Gasteiger partial charge in [-0.25, -0.2) is 13.8 Å². The van der Waals surface area contributed by atoms with Crippen LogP contribution >= 0.6 is 18.5 Å². The Morgan fingerprint density at radius 2 is 1.97 bits per heavy atom. The first-order valence-corrected chi connectivity index (χ1v) is 14.4. The van der Waals surface area contributed by atoms with Gasteiger partial charge in [-0.05, 0) is 46.2 Å². The number of hydrogen-bond acceptors (Lipinski definition) is 6. The van der Waals surface area contributed by atoms with Crippen LogP contribution in [0.1, 0.15) is 29.9 Å². The van der Waals surface area contributed by atoms with Crippen molar-refractivity contribution in [3.63, 3.8) is 0 Å². The predicted molar refractivity (Wildman–Crippen MR) is 138 cm³/mol. The molecule has 0 bridgehead atoms. The van der Waals surface area contributed by atoms with Gasteiger partial charge >= 0.3 is 0 Å². The van der Waals surface area contributed by atoms with Crippen LogP contribution in [-0.4, -0.2) is 39.8 Å². The van der Waals surface area contributed by atoms with Gasteiger partial charge in [0.15, 0.2) is 11.6 Å². The number of carbonyl (C=O) groups is 1. The van der Waals surface area contributed by atoms with Gasteiger partial charge in [0.05, 0.1) is 11.1 Å². The van der Waals surface area contributed by atoms with Crippen LogP contribution in [0.5, 0.6) is 11.6 Å². The summed E-state index contributed by atoms with van der Waals surface area (Å²) in [6, 6.07) is 2.59. The maximum Gasteiger partial charge on any atom is 0.274 e. The second kappa shape index (κ2) is 9.29. The number of aryl methyl sites for hydroxylation is 2. The van der Waals surface area contributed by atoms with E-state index in [2.05, 4.69) is 15.3 Å². The van der Waals surface area contributed by atoms with Crippen LogP contribution in [0.2, 0.25) is 0 Å². The number of aromatic nitrogens is 3. The fourth-order valence-electron chi connectivity index (χ4n) is 3.71. The highest BCUT2D eigenvalue weighted by atomic mass is 32.1. The Morgan fingerprint density at radius 1 is 1.28 bits per heavy atom. The van der Waals surface area contributed by atoms with Crippen molar-refractivity contribution < 1.29 is 22.9 Å². The minimum absolute atomic E-state index is 0.00239.